The van der Waals surface area contributed by atoms with Crippen molar-refractivity contribution in [3.8, 4) is 0 Å². The fourth-order valence-electron chi connectivity index (χ4n) is 2.90. The van der Waals surface area contributed by atoms with Gasteiger partial charge in [-0.25, -0.2) is 10.4 Å². The third kappa shape index (κ3) is 8.57. The van der Waals surface area contributed by atoms with Crippen LogP contribution in [0.15, 0.2) is 35.9 Å². The van der Waals surface area contributed by atoms with Gasteiger partial charge in [0.05, 0.1) is 22.9 Å². The van der Waals surface area contributed by atoms with Crippen molar-refractivity contribution in [1.29, 1.82) is 0 Å². The second-order valence-electron chi connectivity index (χ2n) is 6.26. The number of hydrogen-bond donors (Lipinski definition) is 0. The van der Waals surface area contributed by atoms with Gasteiger partial charge in [0.15, 0.2) is 0 Å². The molecule has 1 heterocycles. The first kappa shape index (κ1) is 22.5. The zero-order chi connectivity index (χ0) is 17.0. The first-order valence-electron chi connectivity index (χ1n) is 9.02. The van der Waals surface area contributed by atoms with E-state index >= 15 is 0 Å². The summed E-state index contributed by atoms with van der Waals surface area (Å²) in [5, 5.41) is 1.44. The van der Waals surface area contributed by atoms with E-state index in [0.29, 0.717) is 10.6 Å². The standard InChI is InChI=1S/C10H8N2S2.2C5H10.Mo/c13-6-10(14)9-5-11-7-3-1-2-4-8(7)12-9;2*1-2-4-5-3-1;/h1-6,13-14H;2*1-5H2;/q;;;+2/p-2/b10-6-;;;. The summed E-state index contributed by atoms with van der Waals surface area (Å²) in [5.41, 5.74) is 2.36. The quantitative estimate of drug-likeness (QED) is 0.395. The largest absolute Gasteiger partial charge is 2.00 e. The van der Waals surface area contributed by atoms with Crippen LogP contribution in [-0.2, 0) is 46.3 Å². The molecule has 0 N–H and O–H groups in total. The molecule has 2 aliphatic rings. The van der Waals surface area contributed by atoms with Gasteiger partial charge in [0.2, 0.25) is 0 Å². The third-order valence-electron chi connectivity index (χ3n) is 4.31. The topological polar surface area (TPSA) is 25.8 Å². The van der Waals surface area contributed by atoms with Gasteiger partial charge in [-0.2, -0.15) is 4.91 Å². The van der Waals surface area contributed by atoms with Crippen LogP contribution in [0, 0.1) is 0 Å². The van der Waals surface area contributed by atoms with Crippen LogP contribution >= 0.6 is 0 Å². The van der Waals surface area contributed by atoms with Crippen LogP contribution in [0.1, 0.15) is 69.9 Å². The molecule has 0 atom stereocenters. The van der Waals surface area contributed by atoms with Gasteiger partial charge in [0.1, 0.15) is 0 Å². The number of hydrogen-bond acceptors (Lipinski definition) is 4. The van der Waals surface area contributed by atoms with Crippen LogP contribution in [0.2, 0.25) is 0 Å². The number of para-hydroxylation sites is 2. The Morgan fingerprint density at radius 3 is 1.68 bits per heavy atom. The van der Waals surface area contributed by atoms with Crippen molar-refractivity contribution < 1.29 is 21.1 Å². The van der Waals surface area contributed by atoms with Gasteiger partial charge in [0, 0.05) is 0 Å². The van der Waals surface area contributed by atoms with E-state index in [0.717, 1.165) is 11.0 Å². The van der Waals surface area contributed by atoms with E-state index in [9.17, 15) is 0 Å². The molecule has 2 nitrogen and oxygen atoms in total. The van der Waals surface area contributed by atoms with Crippen molar-refractivity contribution in [2.75, 3.05) is 0 Å². The fourth-order valence-corrected chi connectivity index (χ4v) is 3.12. The van der Waals surface area contributed by atoms with E-state index < -0.39 is 0 Å². The van der Waals surface area contributed by atoms with Crippen molar-refractivity contribution in [3.05, 3.63) is 41.6 Å². The van der Waals surface area contributed by atoms with E-state index in [4.69, 9.17) is 25.3 Å². The Morgan fingerprint density at radius 1 is 0.800 bits per heavy atom. The van der Waals surface area contributed by atoms with Crippen LogP contribution < -0.4 is 0 Å². The maximum Gasteiger partial charge on any atom is 2.00 e. The van der Waals surface area contributed by atoms with Gasteiger partial charge in [-0.15, -0.1) is 0 Å². The monoisotopic (exact) mass is 456 g/mol. The Kier molecular flexibility index (Phi) is 12.2. The van der Waals surface area contributed by atoms with Crippen LogP contribution in [0.4, 0.5) is 0 Å². The first-order chi connectivity index (χ1) is 11.8. The molecule has 0 spiro atoms. The van der Waals surface area contributed by atoms with Crippen LogP contribution in [0.3, 0.4) is 0 Å². The molecular weight excluding hydrogens is 428 g/mol. The molecule has 0 amide bonds. The second kappa shape index (κ2) is 13.6. The van der Waals surface area contributed by atoms with Gasteiger partial charge in [-0.1, -0.05) is 76.3 Å². The van der Waals surface area contributed by atoms with Crippen molar-refractivity contribution >= 4 is 41.2 Å². The summed E-state index contributed by atoms with van der Waals surface area (Å²) in [6.45, 7) is 0. The molecule has 134 valence electrons. The Labute approximate surface area is 177 Å². The minimum absolute atomic E-state index is 0. The molecule has 4 rings (SSSR count). The normalized spacial score (nSPS) is 16.2. The molecule has 5 heteroatoms. The number of benzene rings is 1. The van der Waals surface area contributed by atoms with E-state index in [-0.39, 0.29) is 21.1 Å². The maximum absolute atomic E-state index is 5.02. The number of rotatable bonds is 1. The van der Waals surface area contributed by atoms with E-state index in [1.54, 1.807) is 6.20 Å². The third-order valence-corrected chi connectivity index (χ3v) is 5.02. The Balaban J connectivity index is 0.000000233. The van der Waals surface area contributed by atoms with Gasteiger partial charge in [0.25, 0.3) is 0 Å². The molecule has 25 heavy (non-hydrogen) atoms. The summed E-state index contributed by atoms with van der Waals surface area (Å²) in [4.78, 5) is 9.13. The van der Waals surface area contributed by atoms with Gasteiger partial charge in [-0.05, 0) is 12.1 Å². The van der Waals surface area contributed by atoms with Gasteiger partial charge in [-0.3, -0.25) is 4.98 Å². The summed E-state index contributed by atoms with van der Waals surface area (Å²) in [6.07, 6.45) is 16.6. The zero-order valence-electron chi connectivity index (χ0n) is 14.7. The Bertz CT molecular complexity index is 613. The van der Waals surface area contributed by atoms with E-state index in [1.165, 1.54) is 69.6 Å². The van der Waals surface area contributed by atoms with Crippen LogP contribution in [-0.4, -0.2) is 9.97 Å². The molecule has 1 aromatic carbocycles. The smallest absolute Gasteiger partial charge is 0.789 e. The Hall–Kier alpha value is -0.572. The molecule has 0 saturated heterocycles. The summed E-state index contributed by atoms with van der Waals surface area (Å²) >= 11 is 9.77. The van der Waals surface area contributed by atoms with Gasteiger partial charge < -0.3 is 25.3 Å². The average molecular weight is 455 g/mol. The van der Waals surface area contributed by atoms with Crippen molar-refractivity contribution in [2.45, 2.75) is 64.2 Å². The SMILES string of the molecule is C1CCCC1.C1CCCC1.[Mo+2].[S-]/C=C(\[S-])c1cnc2ccccc2n1. The molecule has 2 saturated carbocycles. The van der Waals surface area contributed by atoms with Gasteiger partial charge >= 0.3 is 21.1 Å². The predicted molar refractivity (Wildman–Crippen MR) is 108 cm³/mol. The predicted octanol–water partition coefficient (Wildman–Crippen LogP) is 5.92. The molecule has 0 radical (unpaired) electrons. The molecule has 1 aromatic heterocycles. The first-order valence-corrected chi connectivity index (χ1v) is 9.90. The number of fused-ring (bicyclic) bond motifs is 1. The van der Waals surface area contributed by atoms with E-state index in [2.05, 4.69) is 9.97 Å². The molecular formula is C20H26MoN2S2. The molecule has 0 unspecified atom stereocenters. The minimum atomic E-state index is 0. The van der Waals surface area contributed by atoms with Crippen molar-refractivity contribution in [2.24, 2.45) is 0 Å². The second-order valence-corrected chi connectivity index (χ2v) is 6.94. The minimum Gasteiger partial charge on any atom is -0.789 e. The molecule has 2 fully saturated rings. The van der Waals surface area contributed by atoms with Crippen molar-refractivity contribution in [1.82, 2.24) is 9.97 Å². The molecule has 0 bridgehead atoms. The Morgan fingerprint density at radius 2 is 1.24 bits per heavy atom. The van der Waals surface area contributed by atoms with E-state index in [1.807, 2.05) is 24.3 Å². The zero-order valence-corrected chi connectivity index (χ0v) is 18.3. The van der Waals surface area contributed by atoms with Crippen LogP contribution in [0.5, 0.6) is 0 Å². The maximum atomic E-state index is 5.02. The van der Waals surface area contributed by atoms with Crippen molar-refractivity contribution in [3.63, 3.8) is 0 Å². The number of nitrogens with zero attached hydrogens (tertiary/aromatic N) is 2. The molecule has 2 aromatic rings. The summed E-state index contributed by atoms with van der Waals surface area (Å²) in [7, 11) is 0. The number of aromatic nitrogens is 2. The average Bonchev–Trinajstić information content (AvgIpc) is 3.39. The molecule has 2 aliphatic carbocycles. The summed E-state index contributed by atoms with van der Waals surface area (Å²) in [5.74, 6) is 0. The molecule has 0 aliphatic heterocycles. The summed E-state index contributed by atoms with van der Waals surface area (Å²) < 4.78 is 0. The van der Waals surface area contributed by atoms with Crippen LogP contribution in [0.25, 0.3) is 15.9 Å². The summed E-state index contributed by atoms with van der Waals surface area (Å²) in [6, 6.07) is 7.65. The fraction of sp³-hybridized carbons (Fsp3) is 0.500.